The molecule has 0 aromatic heterocycles. The second-order valence-electron chi connectivity index (χ2n) is 5.93. The first kappa shape index (κ1) is 14.1. The zero-order valence-corrected chi connectivity index (χ0v) is 12.9. The highest BCUT2D eigenvalue weighted by atomic mass is 16.6. The Bertz CT molecular complexity index is 714. The molecule has 2 aliphatic heterocycles. The number of ether oxygens (including phenoxy) is 2. The van der Waals surface area contributed by atoms with Gasteiger partial charge in [-0.25, -0.2) is 0 Å². The van der Waals surface area contributed by atoms with E-state index in [-0.39, 0.29) is 11.9 Å². The fourth-order valence-electron chi connectivity index (χ4n) is 3.37. The first-order valence-electron chi connectivity index (χ1n) is 8.08. The Morgan fingerprint density at radius 2 is 1.78 bits per heavy atom. The second-order valence-corrected chi connectivity index (χ2v) is 5.93. The van der Waals surface area contributed by atoms with Crippen molar-refractivity contribution in [2.75, 3.05) is 19.8 Å². The minimum absolute atomic E-state index is 0.0633. The number of carbonyl (C=O) groups is 1. The average Bonchev–Trinajstić information content (AvgIpc) is 3.11. The minimum Gasteiger partial charge on any atom is -0.486 e. The number of likely N-dealkylation sites (tertiary alicyclic amines) is 1. The summed E-state index contributed by atoms with van der Waals surface area (Å²) in [5.41, 5.74) is 1.87. The summed E-state index contributed by atoms with van der Waals surface area (Å²) in [5.74, 6) is 1.44. The van der Waals surface area contributed by atoms with E-state index < -0.39 is 0 Å². The van der Waals surface area contributed by atoms with Crippen molar-refractivity contribution in [3.63, 3.8) is 0 Å². The summed E-state index contributed by atoms with van der Waals surface area (Å²) in [6.45, 7) is 1.89. The smallest absolute Gasteiger partial charge is 0.254 e. The molecule has 118 valence electrons. The summed E-state index contributed by atoms with van der Waals surface area (Å²) in [6.07, 6.45) is 2.05. The number of hydrogen-bond acceptors (Lipinski definition) is 3. The van der Waals surface area contributed by atoms with E-state index in [0.29, 0.717) is 30.3 Å². The Labute approximate surface area is 135 Å². The Balaban J connectivity index is 1.61. The van der Waals surface area contributed by atoms with Crippen LogP contribution in [0.15, 0.2) is 48.5 Å². The molecule has 1 unspecified atom stereocenters. The highest BCUT2D eigenvalue weighted by Crippen LogP contribution is 2.35. The summed E-state index contributed by atoms with van der Waals surface area (Å²) in [6, 6.07) is 15.9. The molecule has 1 atom stereocenters. The Kier molecular flexibility index (Phi) is 3.66. The van der Waals surface area contributed by atoms with Crippen LogP contribution in [0.4, 0.5) is 0 Å². The SMILES string of the molecule is O=C(c1ccc2c(c1)OCCO2)N1CCCC1c1ccccc1. The number of nitrogens with zero attached hydrogens (tertiary/aromatic N) is 1. The van der Waals surface area contributed by atoms with Gasteiger partial charge in [0, 0.05) is 12.1 Å². The third-order valence-electron chi connectivity index (χ3n) is 4.49. The predicted molar refractivity (Wildman–Crippen MR) is 86.9 cm³/mol. The fourth-order valence-corrected chi connectivity index (χ4v) is 3.37. The Morgan fingerprint density at radius 1 is 1.00 bits per heavy atom. The molecule has 1 amide bonds. The molecule has 2 aromatic rings. The van der Waals surface area contributed by atoms with E-state index >= 15 is 0 Å². The van der Waals surface area contributed by atoms with Gasteiger partial charge in [0.25, 0.3) is 5.91 Å². The molecule has 0 spiro atoms. The van der Waals surface area contributed by atoms with E-state index in [1.54, 1.807) is 6.07 Å². The van der Waals surface area contributed by atoms with E-state index in [1.807, 2.05) is 35.2 Å². The van der Waals surface area contributed by atoms with Gasteiger partial charge in [-0.1, -0.05) is 30.3 Å². The van der Waals surface area contributed by atoms with Crippen LogP contribution in [0.25, 0.3) is 0 Å². The molecule has 0 N–H and O–H groups in total. The summed E-state index contributed by atoms with van der Waals surface area (Å²) in [4.78, 5) is 14.9. The van der Waals surface area contributed by atoms with Crippen molar-refractivity contribution in [3.05, 3.63) is 59.7 Å². The first-order valence-corrected chi connectivity index (χ1v) is 8.08. The first-order chi connectivity index (χ1) is 11.3. The lowest BCUT2D eigenvalue weighted by Gasteiger charge is -2.26. The quantitative estimate of drug-likeness (QED) is 0.853. The lowest BCUT2D eigenvalue weighted by molar-refractivity contribution is 0.0734. The van der Waals surface area contributed by atoms with E-state index in [0.717, 1.165) is 19.4 Å². The van der Waals surface area contributed by atoms with Crippen molar-refractivity contribution >= 4 is 5.91 Å². The van der Waals surface area contributed by atoms with Gasteiger partial charge in [-0.3, -0.25) is 4.79 Å². The van der Waals surface area contributed by atoms with Gasteiger partial charge in [0.2, 0.25) is 0 Å². The lowest BCUT2D eigenvalue weighted by atomic mass is 10.0. The van der Waals surface area contributed by atoms with E-state index in [1.165, 1.54) is 5.56 Å². The van der Waals surface area contributed by atoms with Gasteiger partial charge in [0.1, 0.15) is 13.2 Å². The van der Waals surface area contributed by atoms with Gasteiger partial charge in [-0.2, -0.15) is 0 Å². The minimum atomic E-state index is 0.0633. The van der Waals surface area contributed by atoms with Gasteiger partial charge in [0.15, 0.2) is 11.5 Å². The third kappa shape index (κ3) is 2.65. The largest absolute Gasteiger partial charge is 0.486 e. The molecular weight excluding hydrogens is 290 g/mol. The van der Waals surface area contributed by atoms with Crippen molar-refractivity contribution in [1.29, 1.82) is 0 Å². The van der Waals surface area contributed by atoms with Crippen LogP contribution in [0.3, 0.4) is 0 Å². The van der Waals surface area contributed by atoms with Crippen molar-refractivity contribution in [3.8, 4) is 11.5 Å². The van der Waals surface area contributed by atoms with Crippen LogP contribution in [0.2, 0.25) is 0 Å². The zero-order valence-electron chi connectivity index (χ0n) is 12.9. The monoisotopic (exact) mass is 309 g/mol. The number of carbonyl (C=O) groups excluding carboxylic acids is 1. The Morgan fingerprint density at radius 3 is 2.61 bits per heavy atom. The van der Waals surface area contributed by atoms with Crippen molar-refractivity contribution in [2.45, 2.75) is 18.9 Å². The lowest BCUT2D eigenvalue weighted by Crippen LogP contribution is -2.30. The topological polar surface area (TPSA) is 38.8 Å². The van der Waals surface area contributed by atoms with Gasteiger partial charge in [-0.05, 0) is 36.6 Å². The number of benzene rings is 2. The van der Waals surface area contributed by atoms with E-state index in [2.05, 4.69) is 12.1 Å². The molecule has 1 fully saturated rings. The van der Waals surface area contributed by atoms with Crippen LogP contribution in [0, 0.1) is 0 Å². The van der Waals surface area contributed by atoms with Crippen LogP contribution >= 0.6 is 0 Å². The highest BCUT2D eigenvalue weighted by Gasteiger charge is 2.31. The van der Waals surface area contributed by atoms with Crippen molar-refractivity contribution in [1.82, 2.24) is 4.90 Å². The van der Waals surface area contributed by atoms with E-state index in [4.69, 9.17) is 9.47 Å². The molecular formula is C19H19NO3. The molecule has 0 bridgehead atoms. The maximum atomic E-state index is 12.9. The molecule has 4 heteroatoms. The molecule has 4 rings (SSSR count). The van der Waals surface area contributed by atoms with Crippen LogP contribution in [0.1, 0.15) is 34.8 Å². The zero-order chi connectivity index (χ0) is 15.6. The van der Waals surface area contributed by atoms with Gasteiger partial charge < -0.3 is 14.4 Å². The van der Waals surface area contributed by atoms with Crippen molar-refractivity contribution < 1.29 is 14.3 Å². The van der Waals surface area contributed by atoms with E-state index in [9.17, 15) is 4.79 Å². The predicted octanol–water partition coefficient (Wildman–Crippen LogP) is 3.44. The van der Waals surface area contributed by atoms with Crippen LogP contribution in [-0.4, -0.2) is 30.6 Å². The van der Waals surface area contributed by atoms with Crippen LogP contribution in [-0.2, 0) is 0 Å². The summed E-state index contributed by atoms with van der Waals surface area (Å²) in [7, 11) is 0. The molecule has 2 aromatic carbocycles. The molecule has 4 nitrogen and oxygen atoms in total. The molecule has 23 heavy (non-hydrogen) atoms. The standard InChI is InChI=1S/C19H19NO3/c21-19(15-8-9-17-18(13-15)23-12-11-22-17)20-10-4-7-16(20)14-5-2-1-3-6-14/h1-3,5-6,8-9,13,16H,4,7,10-12H2. The van der Waals surface area contributed by atoms with Crippen LogP contribution < -0.4 is 9.47 Å². The fraction of sp³-hybridized carbons (Fsp3) is 0.316. The maximum absolute atomic E-state index is 12.9. The van der Waals surface area contributed by atoms with Gasteiger partial charge in [0.05, 0.1) is 6.04 Å². The summed E-state index contributed by atoms with van der Waals surface area (Å²) in [5, 5.41) is 0. The van der Waals surface area contributed by atoms with Gasteiger partial charge >= 0.3 is 0 Å². The second kappa shape index (κ2) is 5.95. The number of rotatable bonds is 2. The maximum Gasteiger partial charge on any atom is 0.254 e. The molecule has 0 radical (unpaired) electrons. The molecule has 2 heterocycles. The van der Waals surface area contributed by atoms with Crippen LogP contribution in [0.5, 0.6) is 11.5 Å². The molecule has 1 saturated heterocycles. The number of fused-ring (bicyclic) bond motifs is 1. The Hall–Kier alpha value is -2.49. The molecule has 0 saturated carbocycles. The highest BCUT2D eigenvalue weighted by molar-refractivity contribution is 5.95. The average molecular weight is 309 g/mol. The molecule has 0 aliphatic carbocycles. The molecule has 2 aliphatic rings. The van der Waals surface area contributed by atoms with Crippen molar-refractivity contribution in [2.24, 2.45) is 0 Å². The van der Waals surface area contributed by atoms with Gasteiger partial charge in [-0.15, -0.1) is 0 Å². The summed E-state index contributed by atoms with van der Waals surface area (Å²) >= 11 is 0. The summed E-state index contributed by atoms with van der Waals surface area (Å²) < 4.78 is 11.1. The number of hydrogen-bond donors (Lipinski definition) is 0. The normalized spacial score (nSPS) is 19.7. The number of amides is 1. The third-order valence-corrected chi connectivity index (χ3v) is 4.49.